The number of fused-ring (bicyclic) bond motifs is 1. The predicted molar refractivity (Wildman–Crippen MR) is 72.3 cm³/mol. The number of benzene rings is 1. The molecular weight excluding hydrogens is 240 g/mol. The van der Waals surface area contributed by atoms with Crippen molar-refractivity contribution in [2.75, 3.05) is 13.7 Å². The van der Waals surface area contributed by atoms with E-state index < -0.39 is 0 Å². The lowest BCUT2D eigenvalue weighted by atomic mass is 10.1. The second-order valence-electron chi connectivity index (χ2n) is 4.75. The van der Waals surface area contributed by atoms with Crippen LogP contribution >= 0.6 is 0 Å². The molecule has 19 heavy (non-hydrogen) atoms. The largest absolute Gasteiger partial charge is 0.497 e. The summed E-state index contributed by atoms with van der Waals surface area (Å²) in [5.74, 6) is 2.75. The topological polar surface area (TPSA) is 47.3 Å². The van der Waals surface area contributed by atoms with Crippen LogP contribution < -0.4 is 10.1 Å². The molecule has 1 aliphatic rings. The summed E-state index contributed by atoms with van der Waals surface area (Å²) >= 11 is 0. The highest BCUT2D eigenvalue weighted by atomic mass is 16.5. The van der Waals surface area contributed by atoms with E-state index in [-0.39, 0.29) is 0 Å². The molecule has 1 N–H and O–H groups in total. The number of hydrogen-bond donors (Lipinski definition) is 1. The van der Waals surface area contributed by atoms with Crippen molar-refractivity contribution in [2.24, 2.45) is 0 Å². The van der Waals surface area contributed by atoms with Crippen LogP contribution in [0.1, 0.15) is 22.9 Å². The molecule has 100 valence electrons. The van der Waals surface area contributed by atoms with E-state index in [2.05, 4.69) is 22.4 Å². The molecule has 3 rings (SSSR count). The van der Waals surface area contributed by atoms with E-state index in [1.54, 1.807) is 7.11 Å². The molecule has 4 heteroatoms. The van der Waals surface area contributed by atoms with E-state index >= 15 is 0 Å². The quantitative estimate of drug-likeness (QED) is 0.912. The average molecular weight is 258 g/mol. The van der Waals surface area contributed by atoms with E-state index in [1.807, 2.05) is 12.1 Å². The van der Waals surface area contributed by atoms with E-state index in [9.17, 15) is 0 Å². The van der Waals surface area contributed by atoms with Gasteiger partial charge < -0.3 is 14.5 Å². The highest BCUT2D eigenvalue weighted by molar-refractivity contribution is 5.27. The Morgan fingerprint density at radius 3 is 2.84 bits per heavy atom. The van der Waals surface area contributed by atoms with E-state index in [1.165, 1.54) is 5.56 Å². The first-order valence-electron chi connectivity index (χ1n) is 6.66. The Bertz CT molecular complexity index is 522. The molecule has 0 spiro atoms. The van der Waals surface area contributed by atoms with E-state index in [4.69, 9.17) is 9.15 Å². The van der Waals surface area contributed by atoms with Crippen LogP contribution in [0.4, 0.5) is 0 Å². The number of oxazole rings is 1. The van der Waals surface area contributed by atoms with Crippen molar-refractivity contribution in [1.82, 2.24) is 10.3 Å². The van der Waals surface area contributed by atoms with Gasteiger partial charge in [-0.25, -0.2) is 4.98 Å². The minimum atomic E-state index is 0.810. The standard InChI is InChI=1S/C15H18N2O2/c1-18-12-5-2-11(3-6-12)4-7-15-17-13-8-9-16-10-14(13)19-15/h2-3,5-6,16H,4,7-10H2,1H3. The number of rotatable bonds is 4. The lowest BCUT2D eigenvalue weighted by Gasteiger charge is -2.08. The molecule has 2 aromatic rings. The number of nitrogens with one attached hydrogen (secondary N) is 1. The molecule has 0 bridgehead atoms. The fourth-order valence-corrected chi connectivity index (χ4v) is 2.33. The number of aryl methyl sites for hydroxylation is 2. The maximum atomic E-state index is 5.77. The highest BCUT2D eigenvalue weighted by Crippen LogP contribution is 2.17. The lowest BCUT2D eigenvalue weighted by Crippen LogP contribution is -2.22. The third kappa shape index (κ3) is 2.79. The Kier molecular flexibility index (Phi) is 3.51. The third-order valence-electron chi connectivity index (χ3n) is 3.43. The first-order valence-corrected chi connectivity index (χ1v) is 6.66. The molecule has 1 aliphatic heterocycles. The monoisotopic (exact) mass is 258 g/mol. The normalized spacial score (nSPS) is 14.2. The summed E-state index contributed by atoms with van der Waals surface area (Å²) in [5, 5.41) is 3.29. The van der Waals surface area contributed by atoms with Gasteiger partial charge in [0, 0.05) is 19.4 Å². The van der Waals surface area contributed by atoms with Gasteiger partial charge in [-0.05, 0) is 24.1 Å². The average Bonchev–Trinajstić information content (AvgIpc) is 2.88. The van der Waals surface area contributed by atoms with Crippen LogP contribution in [0, 0.1) is 0 Å². The van der Waals surface area contributed by atoms with Crippen molar-refractivity contribution in [2.45, 2.75) is 25.8 Å². The second-order valence-corrected chi connectivity index (χ2v) is 4.75. The number of ether oxygens (including phenoxy) is 1. The molecule has 0 unspecified atom stereocenters. The highest BCUT2D eigenvalue weighted by Gasteiger charge is 2.16. The van der Waals surface area contributed by atoms with Crippen LogP contribution in [0.2, 0.25) is 0 Å². The van der Waals surface area contributed by atoms with Crippen molar-refractivity contribution in [1.29, 1.82) is 0 Å². The smallest absolute Gasteiger partial charge is 0.195 e. The van der Waals surface area contributed by atoms with Crippen LogP contribution in [0.3, 0.4) is 0 Å². The summed E-state index contributed by atoms with van der Waals surface area (Å²) in [4.78, 5) is 4.57. The summed E-state index contributed by atoms with van der Waals surface area (Å²) < 4.78 is 10.9. The van der Waals surface area contributed by atoms with Gasteiger partial charge in [0.25, 0.3) is 0 Å². The number of nitrogens with zero attached hydrogens (tertiary/aromatic N) is 1. The fraction of sp³-hybridized carbons (Fsp3) is 0.400. The first kappa shape index (κ1) is 12.2. The molecule has 4 nitrogen and oxygen atoms in total. The zero-order valence-corrected chi connectivity index (χ0v) is 11.1. The summed E-state index contributed by atoms with van der Waals surface area (Å²) in [6, 6.07) is 8.15. The van der Waals surface area contributed by atoms with Crippen LogP contribution in [-0.2, 0) is 25.8 Å². The lowest BCUT2D eigenvalue weighted by molar-refractivity contribution is 0.414. The maximum Gasteiger partial charge on any atom is 0.195 e. The van der Waals surface area contributed by atoms with Gasteiger partial charge in [-0.1, -0.05) is 12.1 Å². The Morgan fingerprint density at radius 2 is 2.11 bits per heavy atom. The first-order chi connectivity index (χ1) is 9.35. The predicted octanol–water partition coefficient (Wildman–Crippen LogP) is 2.11. The summed E-state index contributed by atoms with van der Waals surface area (Å²) in [7, 11) is 1.68. The van der Waals surface area contributed by atoms with Gasteiger partial charge >= 0.3 is 0 Å². The molecule has 0 aliphatic carbocycles. The molecule has 0 fully saturated rings. The SMILES string of the molecule is COc1ccc(CCc2nc3c(o2)CNCC3)cc1. The number of methoxy groups -OCH3 is 1. The number of aromatic nitrogens is 1. The van der Waals surface area contributed by atoms with Crippen LogP contribution in [0.5, 0.6) is 5.75 Å². The minimum absolute atomic E-state index is 0.810. The van der Waals surface area contributed by atoms with Crippen molar-refractivity contribution in [3.05, 3.63) is 47.2 Å². The van der Waals surface area contributed by atoms with Gasteiger partial charge in [0.1, 0.15) is 11.5 Å². The zero-order valence-electron chi connectivity index (χ0n) is 11.1. The van der Waals surface area contributed by atoms with Gasteiger partial charge in [0.2, 0.25) is 0 Å². The van der Waals surface area contributed by atoms with Gasteiger partial charge in [0.05, 0.1) is 19.3 Å². The van der Waals surface area contributed by atoms with Crippen LogP contribution in [0.15, 0.2) is 28.7 Å². The molecule has 1 aromatic carbocycles. The van der Waals surface area contributed by atoms with Gasteiger partial charge in [-0.15, -0.1) is 0 Å². The van der Waals surface area contributed by atoms with E-state index in [0.29, 0.717) is 0 Å². The van der Waals surface area contributed by atoms with Crippen LogP contribution in [-0.4, -0.2) is 18.6 Å². The Hall–Kier alpha value is -1.81. The molecule has 0 amide bonds. The number of hydrogen-bond acceptors (Lipinski definition) is 4. The van der Waals surface area contributed by atoms with Crippen LogP contribution in [0.25, 0.3) is 0 Å². The minimum Gasteiger partial charge on any atom is -0.497 e. The van der Waals surface area contributed by atoms with Gasteiger partial charge in [-0.2, -0.15) is 0 Å². The molecule has 1 aromatic heterocycles. The van der Waals surface area contributed by atoms with Gasteiger partial charge in [-0.3, -0.25) is 0 Å². The third-order valence-corrected chi connectivity index (χ3v) is 3.43. The van der Waals surface area contributed by atoms with Crippen molar-refractivity contribution in [3.8, 4) is 5.75 Å². The maximum absolute atomic E-state index is 5.77. The summed E-state index contributed by atoms with van der Waals surface area (Å²) in [5.41, 5.74) is 2.40. The van der Waals surface area contributed by atoms with Gasteiger partial charge in [0.15, 0.2) is 5.89 Å². The molecule has 0 saturated heterocycles. The molecule has 0 atom stereocenters. The fourth-order valence-electron chi connectivity index (χ4n) is 2.33. The summed E-state index contributed by atoms with van der Waals surface area (Å²) in [6.45, 7) is 1.81. The molecule has 2 heterocycles. The van der Waals surface area contributed by atoms with Crippen molar-refractivity contribution >= 4 is 0 Å². The Labute approximate surface area is 112 Å². The molecule has 0 saturated carbocycles. The Balaban J connectivity index is 1.63. The molecule has 0 radical (unpaired) electrons. The zero-order chi connectivity index (χ0) is 13.1. The second kappa shape index (κ2) is 5.45. The van der Waals surface area contributed by atoms with E-state index in [0.717, 1.165) is 55.4 Å². The summed E-state index contributed by atoms with van der Waals surface area (Å²) in [6.07, 6.45) is 2.76. The Morgan fingerprint density at radius 1 is 1.26 bits per heavy atom. The van der Waals surface area contributed by atoms with Crippen molar-refractivity contribution < 1.29 is 9.15 Å². The van der Waals surface area contributed by atoms with Crippen molar-refractivity contribution in [3.63, 3.8) is 0 Å². The molecular formula is C15H18N2O2.